The summed E-state index contributed by atoms with van der Waals surface area (Å²) in [4.78, 5) is 33.8. The molecule has 11 nitrogen and oxygen atoms in total. The molecule has 39 heavy (non-hydrogen) atoms. The van der Waals surface area contributed by atoms with E-state index in [2.05, 4.69) is 4.98 Å². The van der Waals surface area contributed by atoms with Gasteiger partial charge in [0, 0.05) is 30.2 Å². The Balaban J connectivity index is 1.65. The first kappa shape index (κ1) is 27.2. The normalized spacial score (nSPS) is 20.4. The lowest BCUT2D eigenvalue weighted by Crippen LogP contribution is -2.55. The van der Waals surface area contributed by atoms with Gasteiger partial charge >= 0.3 is 6.09 Å². The molecule has 1 unspecified atom stereocenters. The molecule has 0 aliphatic carbocycles. The number of fused-ring (bicyclic) bond motifs is 4. The summed E-state index contributed by atoms with van der Waals surface area (Å²) in [6.07, 6.45) is 3.14. The van der Waals surface area contributed by atoms with Crippen molar-refractivity contribution in [2.24, 2.45) is 0 Å². The van der Waals surface area contributed by atoms with Gasteiger partial charge in [-0.25, -0.2) is 22.2 Å². The van der Waals surface area contributed by atoms with Crippen LogP contribution in [0.5, 0.6) is 0 Å². The molecule has 0 radical (unpaired) electrons. The quantitative estimate of drug-likeness (QED) is 0.367. The number of carbonyl (C=O) groups excluding carboxylic acids is 2. The average molecular weight is 554 g/mol. The minimum absolute atomic E-state index is 0.0815. The molecule has 2 amide bonds. The van der Waals surface area contributed by atoms with Crippen LogP contribution in [0.2, 0.25) is 0 Å². The number of carbonyl (C=O) groups is 2. The monoisotopic (exact) mass is 554 g/mol. The van der Waals surface area contributed by atoms with Crippen LogP contribution in [0.25, 0.3) is 11.0 Å². The molecule has 13 heteroatoms. The van der Waals surface area contributed by atoms with E-state index in [4.69, 9.17) is 4.74 Å². The zero-order valence-corrected chi connectivity index (χ0v) is 23.1. The number of benzene rings is 1. The van der Waals surface area contributed by atoms with Gasteiger partial charge in [0.2, 0.25) is 19.6 Å². The number of aliphatic hydroxyl groups is 2. The van der Waals surface area contributed by atoms with Gasteiger partial charge in [-0.2, -0.15) is 0 Å². The van der Waals surface area contributed by atoms with Gasteiger partial charge in [-0.1, -0.05) is 18.2 Å². The predicted molar refractivity (Wildman–Crippen MR) is 145 cm³/mol. The van der Waals surface area contributed by atoms with Crippen LogP contribution >= 0.6 is 0 Å². The zero-order valence-electron chi connectivity index (χ0n) is 22.3. The number of rotatable bonds is 3. The van der Waals surface area contributed by atoms with Crippen molar-refractivity contribution in [3.8, 4) is 0 Å². The molecule has 2 aromatic heterocycles. The van der Waals surface area contributed by atoms with E-state index in [1.807, 2.05) is 0 Å². The first-order chi connectivity index (χ1) is 18.2. The Hall–Kier alpha value is -3.42. The predicted octanol–water partition coefficient (Wildman–Crippen LogP) is 1.51. The number of nitrogens with zero attached hydrogens (tertiary/aromatic N) is 4. The summed E-state index contributed by atoms with van der Waals surface area (Å²) in [5.41, 5.74) is -1.13. The molecular formula is C26H31BN4O7S. The van der Waals surface area contributed by atoms with Crippen molar-refractivity contribution in [2.75, 3.05) is 18.0 Å². The minimum atomic E-state index is -3.99. The third-order valence-corrected chi connectivity index (χ3v) is 8.89. The molecule has 5 rings (SSSR count). The van der Waals surface area contributed by atoms with E-state index in [-0.39, 0.29) is 29.2 Å². The van der Waals surface area contributed by atoms with Crippen LogP contribution in [-0.4, -0.2) is 76.8 Å². The lowest BCUT2D eigenvalue weighted by Gasteiger charge is -2.32. The van der Waals surface area contributed by atoms with Crippen molar-refractivity contribution >= 4 is 46.6 Å². The van der Waals surface area contributed by atoms with Crippen LogP contribution in [0, 0.1) is 0 Å². The highest BCUT2D eigenvalue weighted by Crippen LogP contribution is 2.52. The van der Waals surface area contributed by atoms with Gasteiger partial charge in [-0.3, -0.25) is 9.69 Å². The molecule has 0 saturated carbocycles. The molecule has 2 aliphatic heterocycles. The van der Waals surface area contributed by atoms with Crippen molar-refractivity contribution in [1.29, 1.82) is 0 Å². The Labute approximate surface area is 227 Å². The molecule has 4 heterocycles. The smallest absolute Gasteiger partial charge is 0.410 e. The number of aromatic nitrogens is 2. The van der Waals surface area contributed by atoms with Gasteiger partial charge in [-0.15, -0.1) is 0 Å². The molecule has 1 fully saturated rings. The van der Waals surface area contributed by atoms with Crippen LogP contribution in [-0.2, 0) is 25.0 Å². The Kier molecular flexibility index (Phi) is 6.32. The molecule has 206 valence electrons. The summed E-state index contributed by atoms with van der Waals surface area (Å²) in [5.74, 6) is -3.07. The fourth-order valence-electron chi connectivity index (χ4n) is 5.58. The van der Waals surface area contributed by atoms with Gasteiger partial charge in [0.05, 0.1) is 22.2 Å². The van der Waals surface area contributed by atoms with Gasteiger partial charge in [-0.05, 0) is 58.2 Å². The van der Waals surface area contributed by atoms with E-state index in [1.54, 1.807) is 49.9 Å². The van der Waals surface area contributed by atoms with Crippen molar-refractivity contribution in [2.45, 2.75) is 61.8 Å². The lowest BCUT2D eigenvalue weighted by molar-refractivity contribution is -0.137. The standard InChI is InChI=1S/C26H31BN4O7S/c1-24(2,3)38-23(33)29-13-7-11-25(12-15-29)20-18-10-14-30(39(36,37)17-8-5-4-6-9-17)21(18)28-16-19(20)31(22(25)32)26(27,34)35/h4-6,8-10,14,16,34-35H,7,11-13,15,27H2,1-3H3. The van der Waals surface area contributed by atoms with Crippen molar-refractivity contribution in [1.82, 2.24) is 13.9 Å². The minimum Gasteiger partial charge on any atom is -0.444 e. The number of amides is 2. The second-order valence-corrected chi connectivity index (χ2v) is 13.0. The van der Waals surface area contributed by atoms with E-state index >= 15 is 0 Å². The first-order valence-corrected chi connectivity index (χ1v) is 14.2. The summed E-state index contributed by atoms with van der Waals surface area (Å²) < 4.78 is 33.5. The molecule has 0 bridgehead atoms. The highest BCUT2D eigenvalue weighted by atomic mass is 32.2. The number of anilines is 1. The molecule has 2 N–H and O–H groups in total. The van der Waals surface area contributed by atoms with Crippen LogP contribution in [0.15, 0.2) is 53.7 Å². The van der Waals surface area contributed by atoms with Crippen molar-refractivity contribution < 1.29 is 33.0 Å². The molecule has 1 atom stereocenters. The SMILES string of the molecule is BC(O)(O)N1C(=O)C2(CCCN(C(=O)OC(C)(C)C)CC2)c2c1cnc1c2ccn1S(=O)(=O)c1ccccc1. The number of pyridine rings is 1. The summed E-state index contributed by atoms with van der Waals surface area (Å²) in [6.45, 7) is 5.88. The summed E-state index contributed by atoms with van der Waals surface area (Å²) >= 11 is 0. The first-order valence-electron chi connectivity index (χ1n) is 12.8. The van der Waals surface area contributed by atoms with Crippen molar-refractivity contribution in [3.05, 3.63) is 54.4 Å². The van der Waals surface area contributed by atoms with Gasteiger partial charge < -0.3 is 19.8 Å². The van der Waals surface area contributed by atoms with E-state index in [0.717, 1.165) is 16.7 Å². The highest BCUT2D eigenvalue weighted by molar-refractivity contribution is 7.90. The van der Waals surface area contributed by atoms with Crippen LogP contribution in [0.1, 0.15) is 45.6 Å². The van der Waals surface area contributed by atoms with Gasteiger partial charge in [0.25, 0.3) is 10.0 Å². The Bertz CT molecular complexity index is 1560. The summed E-state index contributed by atoms with van der Waals surface area (Å²) in [5, 5.41) is 21.6. The lowest BCUT2D eigenvalue weighted by atomic mass is 9.74. The Morgan fingerprint density at radius 1 is 1.10 bits per heavy atom. The number of ether oxygens (including phenoxy) is 1. The fourth-order valence-corrected chi connectivity index (χ4v) is 6.91. The topological polar surface area (TPSA) is 142 Å². The third kappa shape index (κ3) is 4.48. The summed E-state index contributed by atoms with van der Waals surface area (Å²) in [6, 6.07) is 9.53. The number of hydrogen-bond acceptors (Lipinski definition) is 8. The molecule has 1 aromatic carbocycles. The van der Waals surface area contributed by atoms with Crippen molar-refractivity contribution in [3.63, 3.8) is 0 Å². The van der Waals surface area contributed by atoms with Crippen LogP contribution < -0.4 is 4.90 Å². The molecule has 1 spiro atoms. The van der Waals surface area contributed by atoms with E-state index < -0.39 is 38.9 Å². The van der Waals surface area contributed by atoms with E-state index in [1.165, 1.54) is 24.5 Å². The average Bonchev–Trinajstić information content (AvgIpc) is 3.28. The van der Waals surface area contributed by atoms with Crippen LogP contribution in [0.3, 0.4) is 0 Å². The Morgan fingerprint density at radius 3 is 2.44 bits per heavy atom. The van der Waals surface area contributed by atoms with Gasteiger partial charge in [0.15, 0.2) is 5.65 Å². The third-order valence-electron chi connectivity index (χ3n) is 7.21. The summed E-state index contributed by atoms with van der Waals surface area (Å²) in [7, 11) is -2.90. The maximum Gasteiger partial charge on any atom is 0.410 e. The number of hydrogen-bond donors (Lipinski definition) is 2. The molecular weight excluding hydrogens is 523 g/mol. The molecule has 3 aromatic rings. The maximum atomic E-state index is 14.0. The van der Waals surface area contributed by atoms with E-state index in [0.29, 0.717) is 30.3 Å². The second kappa shape index (κ2) is 9.07. The van der Waals surface area contributed by atoms with Crippen LogP contribution in [0.4, 0.5) is 10.5 Å². The highest BCUT2D eigenvalue weighted by Gasteiger charge is 2.56. The molecule has 2 aliphatic rings. The largest absolute Gasteiger partial charge is 0.444 e. The van der Waals surface area contributed by atoms with Gasteiger partial charge in [0.1, 0.15) is 5.60 Å². The molecule has 1 saturated heterocycles. The fraction of sp³-hybridized carbons (Fsp3) is 0.423. The zero-order chi connectivity index (χ0) is 28.4. The second-order valence-electron chi connectivity index (χ2n) is 11.2. The maximum absolute atomic E-state index is 14.0. The Morgan fingerprint density at radius 2 is 1.79 bits per heavy atom. The number of likely N-dealkylation sites (tertiary alicyclic amines) is 1. The van der Waals surface area contributed by atoms with E-state index in [9.17, 15) is 28.2 Å².